The van der Waals surface area contributed by atoms with Crippen LogP contribution in [-0.4, -0.2) is 35.6 Å². The third-order valence-electron chi connectivity index (χ3n) is 2.32. The SMILES string of the molecule is CC1(C)O[C@H](CCN)C[C@H](CC(=O)O)O1. The first-order valence-corrected chi connectivity index (χ1v) is 5.20. The van der Waals surface area contributed by atoms with E-state index >= 15 is 0 Å². The van der Waals surface area contributed by atoms with Gasteiger partial charge in [0, 0.05) is 6.42 Å². The second kappa shape index (κ2) is 4.92. The van der Waals surface area contributed by atoms with Crippen LogP contribution in [0.25, 0.3) is 0 Å². The van der Waals surface area contributed by atoms with Crippen molar-refractivity contribution in [2.75, 3.05) is 6.54 Å². The zero-order chi connectivity index (χ0) is 11.5. The Hall–Kier alpha value is -0.650. The number of ether oxygens (including phenoxy) is 2. The van der Waals surface area contributed by atoms with Crippen molar-refractivity contribution in [1.82, 2.24) is 0 Å². The van der Waals surface area contributed by atoms with Gasteiger partial charge < -0.3 is 20.3 Å². The summed E-state index contributed by atoms with van der Waals surface area (Å²) in [7, 11) is 0. The number of carbonyl (C=O) groups is 1. The van der Waals surface area contributed by atoms with E-state index in [9.17, 15) is 4.79 Å². The van der Waals surface area contributed by atoms with Gasteiger partial charge in [-0.15, -0.1) is 0 Å². The Bertz CT molecular complexity index is 229. The predicted molar refractivity (Wildman–Crippen MR) is 54.4 cm³/mol. The van der Waals surface area contributed by atoms with Crippen LogP contribution >= 0.6 is 0 Å². The van der Waals surface area contributed by atoms with Crippen LogP contribution in [0.1, 0.15) is 33.1 Å². The molecule has 0 radical (unpaired) electrons. The van der Waals surface area contributed by atoms with E-state index in [4.69, 9.17) is 20.3 Å². The molecule has 1 aliphatic heterocycles. The second-order valence-corrected chi connectivity index (χ2v) is 4.29. The first kappa shape index (κ1) is 12.4. The van der Waals surface area contributed by atoms with Crippen molar-refractivity contribution in [3.8, 4) is 0 Å². The fourth-order valence-electron chi connectivity index (χ4n) is 1.90. The minimum Gasteiger partial charge on any atom is -0.481 e. The highest BCUT2D eigenvalue weighted by Gasteiger charge is 2.35. The Labute approximate surface area is 89.5 Å². The highest BCUT2D eigenvalue weighted by atomic mass is 16.7. The smallest absolute Gasteiger partial charge is 0.305 e. The Balaban J connectivity index is 2.55. The molecule has 0 aliphatic carbocycles. The molecule has 5 heteroatoms. The maximum absolute atomic E-state index is 10.6. The molecular formula is C10H19NO4. The fourth-order valence-corrected chi connectivity index (χ4v) is 1.90. The van der Waals surface area contributed by atoms with Gasteiger partial charge in [-0.3, -0.25) is 4.79 Å². The largest absolute Gasteiger partial charge is 0.481 e. The van der Waals surface area contributed by atoms with Crippen LogP contribution in [0.15, 0.2) is 0 Å². The third-order valence-corrected chi connectivity index (χ3v) is 2.32. The first-order chi connectivity index (χ1) is 6.93. The van der Waals surface area contributed by atoms with E-state index in [-0.39, 0.29) is 18.6 Å². The molecule has 0 unspecified atom stereocenters. The van der Waals surface area contributed by atoms with Gasteiger partial charge in [-0.25, -0.2) is 0 Å². The van der Waals surface area contributed by atoms with E-state index in [1.807, 2.05) is 0 Å². The normalized spacial score (nSPS) is 30.1. The van der Waals surface area contributed by atoms with Crippen molar-refractivity contribution < 1.29 is 19.4 Å². The molecule has 2 atom stereocenters. The molecule has 0 spiro atoms. The second-order valence-electron chi connectivity index (χ2n) is 4.29. The lowest BCUT2D eigenvalue weighted by Gasteiger charge is -2.40. The topological polar surface area (TPSA) is 81.8 Å². The lowest BCUT2D eigenvalue weighted by Crippen LogP contribution is -2.45. The van der Waals surface area contributed by atoms with E-state index < -0.39 is 11.8 Å². The molecule has 0 amide bonds. The number of aliphatic carboxylic acids is 1. The van der Waals surface area contributed by atoms with E-state index in [1.54, 1.807) is 13.8 Å². The van der Waals surface area contributed by atoms with Gasteiger partial charge in [0.15, 0.2) is 5.79 Å². The van der Waals surface area contributed by atoms with Gasteiger partial charge in [-0.2, -0.15) is 0 Å². The molecular weight excluding hydrogens is 198 g/mol. The highest BCUT2D eigenvalue weighted by Crippen LogP contribution is 2.29. The minimum absolute atomic E-state index is 0.00287. The summed E-state index contributed by atoms with van der Waals surface area (Å²) < 4.78 is 11.1. The molecule has 0 saturated carbocycles. The summed E-state index contributed by atoms with van der Waals surface area (Å²) in [4.78, 5) is 10.6. The maximum Gasteiger partial charge on any atom is 0.305 e. The molecule has 0 aromatic carbocycles. The standard InChI is InChI=1S/C10H19NO4/c1-10(2)14-7(3-4-11)5-8(15-10)6-9(12)13/h7-8H,3-6,11H2,1-2H3,(H,12,13)/t7-,8-/m1/s1. The van der Waals surface area contributed by atoms with Crippen LogP contribution in [0.5, 0.6) is 0 Å². The van der Waals surface area contributed by atoms with Gasteiger partial charge in [0.25, 0.3) is 0 Å². The van der Waals surface area contributed by atoms with E-state index in [0.717, 1.165) is 6.42 Å². The molecule has 1 rings (SSSR count). The predicted octanol–water partition coefficient (Wildman–Crippen LogP) is 0.720. The van der Waals surface area contributed by atoms with Crippen molar-refractivity contribution in [3.63, 3.8) is 0 Å². The Morgan fingerprint density at radius 2 is 2.07 bits per heavy atom. The third kappa shape index (κ3) is 4.15. The molecule has 1 aliphatic rings. The van der Waals surface area contributed by atoms with Gasteiger partial charge in [-0.1, -0.05) is 0 Å². The van der Waals surface area contributed by atoms with Crippen LogP contribution in [0.4, 0.5) is 0 Å². The Kier molecular flexibility index (Phi) is 4.07. The number of nitrogens with two attached hydrogens (primary N) is 1. The molecule has 5 nitrogen and oxygen atoms in total. The molecule has 1 heterocycles. The number of rotatable bonds is 4. The van der Waals surface area contributed by atoms with Crippen LogP contribution in [-0.2, 0) is 14.3 Å². The summed E-state index contributed by atoms with van der Waals surface area (Å²) in [5, 5.41) is 8.71. The zero-order valence-electron chi connectivity index (χ0n) is 9.23. The fraction of sp³-hybridized carbons (Fsp3) is 0.900. The molecule has 15 heavy (non-hydrogen) atoms. The molecule has 88 valence electrons. The number of hydrogen-bond acceptors (Lipinski definition) is 4. The summed E-state index contributed by atoms with van der Waals surface area (Å²) in [6.07, 6.45) is 1.09. The average Bonchev–Trinajstić information content (AvgIpc) is 1.99. The Morgan fingerprint density at radius 1 is 1.47 bits per heavy atom. The summed E-state index contributed by atoms with van der Waals surface area (Å²) in [6.45, 7) is 4.13. The maximum atomic E-state index is 10.6. The molecule has 0 aromatic rings. The molecule has 0 bridgehead atoms. The average molecular weight is 217 g/mol. The summed E-state index contributed by atoms with van der Waals surface area (Å²) in [6, 6.07) is 0. The van der Waals surface area contributed by atoms with Crippen molar-refractivity contribution in [2.24, 2.45) is 5.73 Å². The van der Waals surface area contributed by atoms with Gasteiger partial charge in [0.2, 0.25) is 0 Å². The molecule has 3 N–H and O–H groups in total. The Morgan fingerprint density at radius 3 is 2.60 bits per heavy atom. The van der Waals surface area contributed by atoms with Gasteiger partial charge >= 0.3 is 5.97 Å². The van der Waals surface area contributed by atoms with Crippen molar-refractivity contribution in [1.29, 1.82) is 0 Å². The van der Waals surface area contributed by atoms with Crippen LogP contribution in [0.2, 0.25) is 0 Å². The van der Waals surface area contributed by atoms with Gasteiger partial charge in [0.1, 0.15) is 0 Å². The molecule has 0 aromatic heterocycles. The van der Waals surface area contributed by atoms with Crippen LogP contribution in [0.3, 0.4) is 0 Å². The molecule has 1 fully saturated rings. The monoisotopic (exact) mass is 217 g/mol. The lowest BCUT2D eigenvalue weighted by atomic mass is 10.0. The van der Waals surface area contributed by atoms with Crippen LogP contribution < -0.4 is 5.73 Å². The van der Waals surface area contributed by atoms with Crippen molar-refractivity contribution in [3.05, 3.63) is 0 Å². The minimum atomic E-state index is -0.843. The van der Waals surface area contributed by atoms with E-state index in [2.05, 4.69) is 0 Å². The summed E-state index contributed by atoms with van der Waals surface area (Å²) >= 11 is 0. The van der Waals surface area contributed by atoms with E-state index in [1.165, 1.54) is 0 Å². The zero-order valence-corrected chi connectivity index (χ0v) is 9.23. The van der Waals surface area contributed by atoms with E-state index in [0.29, 0.717) is 13.0 Å². The lowest BCUT2D eigenvalue weighted by molar-refractivity contribution is -0.300. The number of carboxylic acid groups (broad SMARTS) is 1. The molecule has 1 saturated heterocycles. The van der Waals surface area contributed by atoms with Gasteiger partial charge in [-0.05, 0) is 26.8 Å². The first-order valence-electron chi connectivity index (χ1n) is 5.20. The number of hydrogen-bond donors (Lipinski definition) is 2. The van der Waals surface area contributed by atoms with Crippen molar-refractivity contribution in [2.45, 2.75) is 51.1 Å². The van der Waals surface area contributed by atoms with Crippen molar-refractivity contribution >= 4 is 5.97 Å². The quantitative estimate of drug-likeness (QED) is 0.725. The summed E-state index contributed by atoms with van der Waals surface area (Å²) in [5.74, 6) is -1.55. The highest BCUT2D eigenvalue weighted by molar-refractivity contribution is 5.67. The van der Waals surface area contributed by atoms with Crippen LogP contribution in [0, 0.1) is 0 Å². The number of carboxylic acids is 1. The van der Waals surface area contributed by atoms with Gasteiger partial charge in [0.05, 0.1) is 18.6 Å². The summed E-state index contributed by atoms with van der Waals surface area (Å²) in [5.41, 5.74) is 5.46.